The van der Waals surface area contributed by atoms with Crippen LogP contribution in [0.1, 0.15) is 25.7 Å². The number of benzene rings is 1. The molecular weight excluding hydrogens is 151 g/mol. The van der Waals surface area contributed by atoms with Crippen LogP contribution in [0.2, 0.25) is 0 Å². The molecule has 2 rings (SSSR count). The van der Waals surface area contributed by atoms with Crippen LogP contribution < -0.4 is 5.30 Å². The van der Waals surface area contributed by atoms with Gasteiger partial charge in [0.05, 0.1) is 0 Å². The van der Waals surface area contributed by atoms with E-state index in [0.29, 0.717) is 0 Å². The van der Waals surface area contributed by atoms with Crippen LogP contribution in [0, 0.1) is 0 Å². The van der Waals surface area contributed by atoms with E-state index < -0.39 is 0 Å². The van der Waals surface area contributed by atoms with Crippen molar-refractivity contribution in [3.05, 3.63) is 30.3 Å². The normalized spacial score (nSPS) is 14.3. The highest BCUT2D eigenvalue weighted by molar-refractivity contribution is 7.27. The zero-order valence-electron chi connectivity index (χ0n) is 6.79. The summed E-state index contributed by atoms with van der Waals surface area (Å²) in [4.78, 5) is 0. The molecule has 1 atom stereocenters. The zero-order valence-corrected chi connectivity index (χ0v) is 7.95. The highest BCUT2D eigenvalue weighted by Crippen LogP contribution is 2.15. The third-order valence-corrected chi connectivity index (χ3v) is 2.18. The predicted octanol–water partition coefficient (Wildman–Crippen LogP) is 2.75. The molecule has 0 spiro atoms. The number of hydrogen-bond acceptors (Lipinski definition) is 0. The topological polar surface area (TPSA) is 0 Å². The highest BCUT2D eigenvalue weighted by atomic mass is 31.0. The van der Waals surface area contributed by atoms with Crippen molar-refractivity contribution in [1.29, 1.82) is 0 Å². The van der Waals surface area contributed by atoms with Crippen LogP contribution in [0.25, 0.3) is 0 Å². The van der Waals surface area contributed by atoms with E-state index in [-0.39, 0.29) is 0 Å². The highest BCUT2D eigenvalue weighted by Gasteiger charge is 1.95. The van der Waals surface area contributed by atoms with Crippen molar-refractivity contribution in [1.82, 2.24) is 0 Å². The lowest BCUT2D eigenvalue weighted by atomic mass is 10.0. The Labute approximate surface area is 71.2 Å². The van der Waals surface area contributed by atoms with Gasteiger partial charge in [-0.05, 0) is 5.30 Å². The Morgan fingerprint density at radius 2 is 1.27 bits per heavy atom. The third kappa shape index (κ3) is 4.16. The maximum atomic E-state index is 2.63. The quantitative estimate of drug-likeness (QED) is 0.520. The largest absolute Gasteiger partial charge is 0.106 e. The summed E-state index contributed by atoms with van der Waals surface area (Å²) in [7, 11) is 2.63. The second-order valence-electron chi connectivity index (χ2n) is 2.82. The Hall–Kier alpha value is -0.350. The van der Waals surface area contributed by atoms with E-state index in [1.807, 2.05) is 30.3 Å². The molecule has 0 N–H and O–H groups in total. The van der Waals surface area contributed by atoms with Crippen LogP contribution in [-0.2, 0) is 0 Å². The summed E-state index contributed by atoms with van der Waals surface area (Å²) in [5.74, 6) is 0. The molecule has 0 amide bonds. The summed E-state index contributed by atoms with van der Waals surface area (Å²) < 4.78 is 0. The molecule has 1 heteroatoms. The van der Waals surface area contributed by atoms with Crippen LogP contribution in [0.4, 0.5) is 0 Å². The van der Waals surface area contributed by atoms with Crippen LogP contribution >= 0.6 is 9.24 Å². The molecule has 1 aliphatic carbocycles. The number of rotatable bonds is 0. The third-order valence-electron chi connectivity index (χ3n) is 1.80. The average molecular weight is 166 g/mol. The molecule has 0 aromatic heterocycles. The summed E-state index contributed by atoms with van der Waals surface area (Å²) in [6.45, 7) is 0. The van der Waals surface area contributed by atoms with Crippen LogP contribution in [-0.4, -0.2) is 0 Å². The minimum absolute atomic E-state index is 1.24. The molecule has 0 saturated heterocycles. The fourth-order valence-corrected chi connectivity index (χ4v) is 0.925. The van der Waals surface area contributed by atoms with Crippen molar-refractivity contribution in [2.24, 2.45) is 0 Å². The van der Waals surface area contributed by atoms with Gasteiger partial charge in [0, 0.05) is 0 Å². The Balaban J connectivity index is 0.000000128. The molecule has 0 nitrogen and oxygen atoms in total. The summed E-state index contributed by atoms with van der Waals surface area (Å²) in [6, 6.07) is 10.1. The van der Waals surface area contributed by atoms with E-state index in [2.05, 4.69) is 9.24 Å². The molecule has 0 heterocycles. The molecule has 0 bridgehead atoms. The monoisotopic (exact) mass is 166 g/mol. The van der Waals surface area contributed by atoms with Crippen molar-refractivity contribution in [2.45, 2.75) is 25.7 Å². The standard InChI is InChI=1S/C6H7P.C4H8/c7-6-4-2-1-3-5-6;1-2-4-3-1/h1-5H,7H2;1-4H2. The summed E-state index contributed by atoms with van der Waals surface area (Å²) >= 11 is 0. The lowest BCUT2D eigenvalue weighted by molar-refractivity contribution is 0.504. The van der Waals surface area contributed by atoms with Crippen molar-refractivity contribution in [3.8, 4) is 0 Å². The first-order chi connectivity index (χ1) is 5.39. The fraction of sp³-hybridized carbons (Fsp3) is 0.400. The maximum Gasteiger partial charge on any atom is -0.0303 e. The molecule has 1 saturated carbocycles. The number of hydrogen-bond donors (Lipinski definition) is 0. The van der Waals surface area contributed by atoms with E-state index in [0.717, 1.165) is 0 Å². The Kier molecular flexibility index (Phi) is 4.23. The first kappa shape index (κ1) is 8.74. The van der Waals surface area contributed by atoms with Gasteiger partial charge in [-0.3, -0.25) is 0 Å². The van der Waals surface area contributed by atoms with Gasteiger partial charge in [0.25, 0.3) is 0 Å². The first-order valence-electron chi connectivity index (χ1n) is 4.20. The van der Waals surface area contributed by atoms with Crippen molar-refractivity contribution in [3.63, 3.8) is 0 Å². The minimum atomic E-state index is 1.24. The smallest absolute Gasteiger partial charge is 0.0303 e. The molecule has 1 unspecified atom stereocenters. The first-order valence-corrected chi connectivity index (χ1v) is 4.78. The van der Waals surface area contributed by atoms with Crippen LogP contribution in [0.3, 0.4) is 0 Å². The minimum Gasteiger partial charge on any atom is -0.106 e. The van der Waals surface area contributed by atoms with Gasteiger partial charge in [-0.2, -0.15) is 0 Å². The molecule has 1 fully saturated rings. The van der Waals surface area contributed by atoms with E-state index in [1.54, 1.807) is 0 Å². The van der Waals surface area contributed by atoms with Gasteiger partial charge in [-0.15, -0.1) is 9.24 Å². The predicted molar refractivity (Wildman–Crippen MR) is 54.3 cm³/mol. The summed E-state index contributed by atoms with van der Waals surface area (Å²) in [5, 5.41) is 1.24. The van der Waals surface area contributed by atoms with E-state index in [1.165, 1.54) is 31.0 Å². The van der Waals surface area contributed by atoms with Gasteiger partial charge in [0.15, 0.2) is 0 Å². The van der Waals surface area contributed by atoms with Gasteiger partial charge in [0.1, 0.15) is 0 Å². The molecule has 60 valence electrons. The maximum absolute atomic E-state index is 2.63. The average Bonchev–Trinajstić information content (AvgIpc) is 1.85. The Bertz CT molecular complexity index is 173. The SMILES string of the molecule is C1CCC1.Pc1ccccc1. The van der Waals surface area contributed by atoms with Crippen molar-refractivity contribution >= 4 is 14.5 Å². The molecule has 1 aromatic rings. The molecule has 0 aliphatic heterocycles. The van der Waals surface area contributed by atoms with Crippen molar-refractivity contribution < 1.29 is 0 Å². The van der Waals surface area contributed by atoms with Crippen LogP contribution in [0.15, 0.2) is 30.3 Å². The Morgan fingerprint density at radius 1 is 0.818 bits per heavy atom. The molecule has 1 aliphatic rings. The van der Waals surface area contributed by atoms with Gasteiger partial charge < -0.3 is 0 Å². The van der Waals surface area contributed by atoms with E-state index >= 15 is 0 Å². The van der Waals surface area contributed by atoms with Gasteiger partial charge in [-0.25, -0.2) is 0 Å². The lowest BCUT2D eigenvalue weighted by Crippen LogP contribution is -1.85. The van der Waals surface area contributed by atoms with E-state index in [9.17, 15) is 0 Å². The van der Waals surface area contributed by atoms with Crippen LogP contribution in [0.5, 0.6) is 0 Å². The van der Waals surface area contributed by atoms with Gasteiger partial charge in [0.2, 0.25) is 0 Å². The molecule has 11 heavy (non-hydrogen) atoms. The lowest BCUT2D eigenvalue weighted by Gasteiger charge is -2.05. The second kappa shape index (κ2) is 5.32. The van der Waals surface area contributed by atoms with E-state index in [4.69, 9.17) is 0 Å². The summed E-state index contributed by atoms with van der Waals surface area (Å²) in [5.41, 5.74) is 0. The van der Waals surface area contributed by atoms with Gasteiger partial charge in [-0.1, -0.05) is 56.0 Å². The second-order valence-corrected chi connectivity index (χ2v) is 3.49. The molecular formula is C10H15P. The van der Waals surface area contributed by atoms with Crippen molar-refractivity contribution in [2.75, 3.05) is 0 Å². The zero-order chi connectivity index (χ0) is 7.94. The fourth-order valence-electron chi connectivity index (χ4n) is 0.703. The Morgan fingerprint density at radius 3 is 1.45 bits per heavy atom. The summed E-state index contributed by atoms with van der Waals surface area (Å²) in [6.07, 6.45) is 6.00. The molecule has 1 aromatic carbocycles. The molecule has 0 radical (unpaired) electrons. The van der Waals surface area contributed by atoms with Gasteiger partial charge >= 0.3 is 0 Å².